The van der Waals surface area contributed by atoms with Crippen LogP contribution in [0.15, 0.2) is 61.1 Å². The zero-order chi connectivity index (χ0) is 17.8. The molecule has 1 aliphatic rings. The Bertz CT molecular complexity index is 872. The van der Waals surface area contributed by atoms with Crippen molar-refractivity contribution in [2.75, 3.05) is 32.8 Å². The quantitative estimate of drug-likeness (QED) is 0.766. The van der Waals surface area contributed by atoms with Gasteiger partial charge in [-0.25, -0.2) is 0 Å². The standard InChI is InChI=1S/C20H22N4O2/c25-20(18-7-6-17-5-1-2-9-24(17)18)22-15-19(16-4-3-8-21-14-16)23-10-12-26-13-11-23/h1-9,14,19H,10-13,15H2,(H,22,25). The molecule has 0 saturated carbocycles. The van der Waals surface area contributed by atoms with Crippen molar-refractivity contribution in [1.82, 2.24) is 19.6 Å². The Morgan fingerprint density at radius 2 is 2.04 bits per heavy atom. The van der Waals surface area contributed by atoms with E-state index in [2.05, 4.69) is 21.3 Å². The number of hydrogen-bond acceptors (Lipinski definition) is 4. The van der Waals surface area contributed by atoms with Crippen molar-refractivity contribution >= 4 is 11.4 Å². The summed E-state index contributed by atoms with van der Waals surface area (Å²) in [5.74, 6) is -0.0710. The molecule has 4 rings (SSSR count). The highest BCUT2D eigenvalue weighted by atomic mass is 16.5. The molecule has 1 amide bonds. The van der Waals surface area contributed by atoms with Crippen LogP contribution in [-0.2, 0) is 4.74 Å². The smallest absolute Gasteiger partial charge is 0.268 e. The van der Waals surface area contributed by atoms with Gasteiger partial charge in [-0.1, -0.05) is 12.1 Å². The molecular weight excluding hydrogens is 328 g/mol. The number of amides is 1. The van der Waals surface area contributed by atoms with E-state index < -0.39 is 0 Å². The second-order valence-corrected chi connectivity index (χ2v) is 6.37. The Morgan fingerprint density at radius 1 is 1.15 bits per heavy atom. The van der Waals surface area contributed by atoms with E-state index in [0.717, 1.165) is 24.2 Å². The molecule has 1 N–H and O–H groups in total. The van der Waals surface area contributed by atoms with Gasteiger partial charge in [0, 0.05) is 43.7 Å². The van der Waals surface area contributed by atoms with E-state index in [1.165, 1.54) is 0 Å². The summed E-state index contributed by atoms with van der Waals surface area (Å²) in [7, 11) is 0. The summed E-state index contributed by atoms with van der Waals surface area (Å²) in [5, 5.41) is 3.10. The summed E-state index contributed by atoms with van der Waals surface area (Å²) in [6.07, 6.45) is 5.55. The average Bonchev–Trinajstić information content (AvgIpc) is 3.14. The number of ether oxygens (including phenoxy) is 1. The molecular formula is C20H22N4O2. The molecule has 6 heteroatoms. The summed E-state index contributed by atoms with van der Waals surface area (Å²) in [6.45, 7) is 3.67. The Hall–Kier alpha value is -2.70. The van der Waals surface area contributed by atoms with Gasteiger partial charge in [-0.05, 0) is 35.9 Å². The fraction of sp³-hybridized carbons (Fsp3) is 0.300. The molecule has 0 bridgehead atoms. The number of nitrogens with zero attached hydrogens (tertiary/aromatic N) is 3. The van der Waals surface area contributed by atoms with Crippen LogP contribution in [0.25, 0.3) is 5.52 Å². The number of morpholine rings is 1. The molecule has 0 aromatic carbocycles. The van der Waals surface area contributed by atoms with Gasteiger partial charge in [0.15, 0.2) is 0 Å². The van der Waals surface area contributed by atoms with Crippen LogP contribution in [0, 0.1) is 0 Å². The van der Waals surface area contributed by atoms with Crippen LogP contribution in [0.2, 0.25) is 0 Å². The molecule has 1 atom stereocenters. The number of pyridine rings is 2. The van der Waals surface area contributed by atoms with Gasteiger partial charge in [0.2, 0.25) is 0 Å². The van der Waals surface area contributed by atoms with Gasteiger partial charge in [0.1, 0.15) is 5.69 Å². The maximum absolute atomic E-state index is 12.7. The fourth-order valence-electron chi connectivity index (χ4n) is 3.44. The van der Waals surface area contributed by atoms with Crippen molar-refractivity contribution in [3.63, 3.8) is 0 Å². The van der Waals surface area contributed by atoms with Crippen LogP contribution in [0.1, 0.15) is 22.1 Å². The van der Waals surface area contributed by atoms with Crippen LogP contribution < -0.4 is 5.32 Å². The summed E-state index contributed by atoms with van der Waals surface area (Å²) in [5.41, 5.74) is 2.76. The molecule has 0 aliphatic carbocycles. The van der Waals surface area contributed by atoms with Crippen LogP contribution in [0.4, 0.5) is 0 Å². The number of nitrogens with one attached hydrogen (secondary N) is 1. The lowest BCUT2D eigenvalue weighted by Gasteiger charge is -2.34. The monoisotopic (exact) mass is 350 g/mol. The average molecular weight is 350 g/mol. The van der Waals surface area contributed by atoms with Crippen LogP contribution in [0.5, 0.6) is 0 Å². The van der Waals surface area contributed by atoms with Gasteiger partial charge in [0.25, 0.3) is 5.91 Å². The van der Waals surface area contributed by atoms with E-state index in [1.807, 2.05) is 53.2 Å². The molecule has 0 radical (unpaired) electrons. The third-order valence-corrected chi connectivity index (χ3v) is 4.81. The SMILES string of the molecule is O=C(NCC(c1cccnc1)N1CCOCC1)c1ccc2ccccn12. The predicted molar refractivity (Wildman–Crippen MR) is 99.1 cm³/mol. The van der Waals surface area contributed by atoms with Gasteiger partial charge in [0.05, 0.1) is 19.3 Å². The van der Waals surface area contributed by atoms with E-state index in [9.17, 15) is 4.79 Å². The van der Waals surface area contributed by atoms with Crippen molar-refractivity contribution in [1.29, 1.82) is 0 Å². The van der Waals surface area contributed by atoms with Crippen molar-refractivity contribution in [2.24, 2.45) is 0 Å². The molecule has 26 heavy (non-hydrogen) atoms. The topological polar surface area (TPSA) is 58.9 Å². The molecule has 1 saturated heterocycles. The lowest BCUT2D eigenvalue weighted by atomic mass is 10.1. The molecule has 0 spiro atoms. The first kappa shape index (κ1) is 16.8. The number of carbonyl (C=O) groups is 1. The second kappa shape index (κ2) is 7.68. The summed E-state index contributed by atoms with van der Waals surface area (Å²) < 4.78 is 7.38. The first-order chi connectivity index (χ1) is 12.8. The molecule has 6 nitrogen and oxygen atoms in total. The minimum absolute atomic E-state index is 0.0710. The fourth-order valence-corrected chi connectivity index (χ4v) is 3.44. The lowest BCUT2D eigenvalue weighted by molar-refractivity contribution is 0.0161. The van der Waals surface area contributed by atoms with Gasteiger partial charge in [-0.2, -0.15) is 0 Å². The summed E-state index contributed by atoms with van der Waals surface area (Å²) in [6, 6.07) is 13.8. The molecule has 4 heterocycles. The number of carbonyl (C=O) groups excluding carboxylic acids is 1. The zero-order valence-electron chi connectivity index (χ0n) is 14.5. The van der Waals surface area contributed by atoms with Gasteiger partial charge in [-0.15, -0.1) is 0 Å². The lowest BCUT2D eigenvalue weighted by Crippen LogP contribution is -2.44. The molecule has 1 aliphatic heterocycles. The summed E-state index contributed by atoms with van der Waals surface area (Å²) in [4.78, 5) is 19.3. The van der Waals surface area contributed by atoms with E-state index in [0.29, 0.717) is 25.5 Å². The molecule has 1 unspecified atom stereocenters. The molecule has 1 fully saturated rings. The van der Waals surface area contributed by atoms with Gasteiger partial charge >= 0.3 is 0 Å². The zero-order valence-corrected chi connectivity index (χ0v) is 14.5. The van der Waals surface area contributed by atoms with E-state index in [-0.39, 0.29) is 11.9 Å². The van der Waals surface area contributed by atoms with Crippen molar-refractivity contribution in [2.45, 2.75) is 6.04 Å². The van der Waals surface area contributed by atoms with Crippen LogP contribution in [0.3, 0.4) is 0 Å². The number of hydrogen-bond donors (Lipinski definition) is 1. The first-order valence-corrected chi connectivity index (χ1v) is 8.89. The van der Waals surface area contributed by atoms with Crippen molar-refractivity contribution in [3.05, 3.63) is 72.3 Å². The number of fused-ring (bicyclic) bond motifs is 1. The van der Waals surface area contributed by atoms with Crippen molar-refractivity contribution in [3.8, 4) is 0 Å². The highest BCUT2D eigenvalue weighted by molar-refractivity contribution is 5.94. The van der Waals surface area contributed by atoms with E-state index >= 15 is 0 Å². The maximum Gasteiger partial charge on any atom is 0.268 e. The molecule has 3 aromatic rings. The van der Waals surface area contributed by atoms with Gasteiger partial charge < -0.3 is 14.5 Å². The van der Waals surface area contributed by atoms with Gasteiger partial charge in [-0.3, -0.25) is 14.7 Å². The maximum atomic E-state index is 12.7. The Balaban J connectivity index is 1.51. The van der Waals surface area contributed by atoms with E-state index in [1.54, 1.807) is 6.20 Å². The third kappa shape index (κ3) is 3.47. The normalized spacial score (nSPS) is 16.5. The van der Waals surface area contributed by atoms with Crippen LogP contribution >= 0.6 is 0 Å². The molecule has 134 valence electrons. The second-order valence-electron chi connectivity index (χ2n) is 6.37. The number of aromatic nitrogens is 2. The largest absolute Gasteiger partial charge is 0.379 e. The van der Waals surface area contributed by atoms with E-state index in [4.69, 9.17) is 4.74 Å². The Labute approximate surface area is 152 Å². The first-order valence-electron chi connectivity index (χ1n) is 8.89. The molecule has 3 aromatic heterocycles. The Morgan fingerprint density at radius 3 is 2.85 bits per heavy atom. The Kier molecular flexibility index (Phi) is 4.95. The minimum Gasteiger partial charge on any atom is -0.379 e. The summed E-state index contributed by atoms with van der Waals surface area (Å²) >= 11 is 0. The van der Waals surface area contributed by atoms with Crippen molar-refractivity contribution < 1.29 is 9.53 Å². The number of rotatable bonds is 5. The minimum atomic E-state index is -0.0710. The van der Waals surface area contributed by atoms with Crippen LogP contribution in [-0.4, -0.2) is 53.0 Å². The third-order valence-electron chi connectivity index (χ3n) is 4.81. The highest BCUT2D eigenvalue weighted by Crippen LogP contribution is 2.20. The predicted octanol–water partition coefficient (Wildman–Crippen LogP) is 2.14. The highest BCUT2D eigenvalue weighted by Gasteiger charge is 2.24.